The van der Waals surface area contributed by atoms with Crippen molar-refractivity contribution >= 4 is 5.91 Å². The van der Waals surface area contributed by atoms with Crippen molar-refractivity contribution in [3.63, 3.8) is 0 Å². The lowest BCUT2D eigenvalue weighted by atomic mass is 9.68. The Hall–Kier alpha value is -3.19. The minimum Gasteiger partial charge on any atom is -0.491 e. The Kier molecular flexibility index (Phi) is 5.90. The summed E-state index contributed by atoms with van der Waals surface area (Å²) in [6, 6.07) is 12.1. The van der Waals surface area contributed by atoms with Gasteiger partial charge in [-0.25, -0.2) is 0 Å². The molecular weight excluding hydrogens is 430 g/mol. The minimum absolute atomic E-state index is 0.00952. The number of β-amino-alcohol motifs (C(OH)–C–C–N with tert-alkyl or cyclic N) is 1. The lowest BCUT2D eigenvalue weighted by molar-refractivity contribution is -0.128. The van der Waals surface area contributed by atoms with Crippen LogP contribution in [-0.2, 0) is 16.6 Å². The van der Waals surface area contributed by atoms with Crippen molar-refractivity contribution in [1.82, 2.24) is 15.0 Å². The monoisotopic (exact) mass is 461 g/mol. The molecule has 1 amide bonds. The number of fused-ring (bicyclic) bond motifs is 2. The molecule has 0 unspecified atom stereocenters. The van der Waals surface area contributed by atoms with E-state index in [4.69, 9.17) is 14.2 Å². The van der Waals surface area contributed by atoms with Crippen molar-refractivity contribution in [2.45, 2.75) is 58.0 Å². The Morgan fingerprint density at radius 3 is 2.88 bits per heavy atom. The third kappa shape index (κ3) is 3.98. The fourth-order valence-corrected chi connectivity index (χ4v) is 5.50. The van der Waals surface area contributed by atoms with E-state index in [0.717, 1.165) is 41.7 Å². The van der Waals surface area contributed by atoms with Crippen molar-refractivity contribution in [2.75, 3.05) is 19.7 Å². The summed E-state index contributed by atoms with van der Waals surface area (Å²) in [6.07, 6.45) is 3.50. The van der Waals surface area contributed by atoms with Crippen molar-refractivity contribution in [3.8, 4) is 28.6 Å². The Morgan fingerprint density at radius 2 is 2.12 bits per heavy atom. The van der Waals surface area contributed by atoms with E-state index in [1.807, 2.05) is 51.1 Å². The molecule has 2 heterocycles. The van der Waals surface area contributed by atoms with Crippen molar-refractivity contribution in [3.05, 3.63) is 53.1 Å². The SMILES string of the molecule is Cc1cc(-c2nc(-c3cccc4c3CCC[C@@]43CC(=O)N(CCO)C3)no2)ccc1OC(C)C. The van der Waals surface area contributed by atoms with Gasteiger partial charge in [0.15, 0.2) is 0 Å². The van der Waals surface area contributed by atoms with E-state index in [2.05, 4.69) is 11.2 Å². The Balaban J connectivity index is 1.47. The first kappa shape index (κ1) is 22.6. The summed E-state index contributed by atoms with van der Waals surface area (Å²) >= 11 is 0. The molecular formula is C27H31N3O4. The minimum atomic E-state index is -0.203. The highest BCUT2D eigenvalue weighted by molar-refractivity contribution is 5.82. The molecule has 0 radical (unpaired) electrons. The maximum absolute atomic E-state index is 12.6. The molecule has 1 fully saturated rings. The molecule has 1 aliphatic heterocycles. The summed E-state index contributed by atoms with van der Waals surface area (Å²) in [6.45, 7) is 7.06. The summed E-state index contributed by atoms with van der Waals surface area (Å²) in [5.41, 5.74) is 5.05. The molecule has 1 saturated heterocycles. The molecule has 34 heavy (non-hydrogen) atoms. The van der Waals surface area contributed by atoms with E-state index in [1.54, 1.807) is 4.90 Å². The third-order valence-corrected chi connectivity index (χ3v) is 6.99. The molecule has 0 bridgehead atoms. The van der Waals surface area contributed by atoms with Crippen LogP contribution in [0.15, 0.2) is 40.9 Å². The number of rotatable bonds is 6. The van der Waals surface area contributed by atoms with E-state index >= 15 is 0 Å². The van der Waals surface area contributed by atoms with Gasteiger partial charge in [-0.3, -0.25) is 4.79 Å². The number of likely N-dealkylation sites (tertiary alicyclic amines) is 1. The summed E-state index contributed by atoms with van der Waals surface area (Å²) < 4.78 is 11.5. The zero-order valence-corrected chi connectivity index (χ0v) is 20.0. The maximum atomic E-state index is 12.6. The number of aryl methyl sites for hydroxylation is 1. The smallest absolute Gasteiger partial charge is 0.258 e. The van der Waals surface area contributed by atoms with Crippen LogP contribution in [0.1, 0.15) is 49.8 Å². The Morgan fingerprint density at radius 1 is 1.26 bits per heavy atom. The fourth-order valence-electron chi connectivity index (χ4n) is 5.50. The number of nitrogens with zero attached hydrogens (tertiary/aromatic N) is 3. The van der Waals surface area contributed by atoms with Gasteiger partial charge in [0.05, 0.1) is 12.7 Å². The highest BCUT2D eigenvalue weighted by atomic mass is 16.5. The first-order chi connectivity index (χ1) is 16.4. The molecule has 2 aliphatic rings. The van der Waals surface area contributed by atoms with Gasteiger partial charge in [0.25, 0.3) is 5.89 Å². The van der Waals surface area contributed by atoms with E-state index in [0.29, 0.717) is 31.2 Å². The second kappa shape index (κ2) is 8.87. The summed E-state index contributed by atoms with van der Waals surface area (Å²) in [5, 5.41) is 13.7. The molecule has 5 rings (SSSR count). The lowest BCUT2D eigenvalue weighted by Gasteiger charge is -2.36. The third-order valence-electron chi connectivity index (χ3n) is 6.99. The first-order valence-electron chi connectivity index (χ1n) is 12.0. The first-order valence-corrected chi connectivity index (χ1v) is 12.0. The predicted molar refractivity (Wildman–Crippen MR) is 129 cm³/mol. The van der Waals surface area contributed by atoms with Gasteiger partial charge < -0.3 is 19.3 Å². The number of benzene rings is 2. The average molecular weight is 462 g/mol. The van der Waals surface area contributed by atoms with Crippen LogP contribution in [0.3, 0.4) is 0 Å². The van der Waals surface area contributed by atoms with Crippen LogP contribution in [0.25, 0.3) is 22.8 Å². The molecule has 1 N–H and O–H groups in total. The van der Waals surface area contributed by atoms with Crippen molar-refractivity contribution < 1.29 is 19.2 Å². The number of ether oxygens (including phenoxy) is 1. The number of aromatic nitrogens is 2. The highest BCUT2D eigenvalue weighted by Crippen LogP contribution is 2.46. The summed E-state index contributed by atoms with van der Waals surface area (Å²) in [5.74, 6) is 2.01. The molecule has 178 valence electrons. The van der Waals surface area contributed by atoms with Crippen LogP contribution in [0.4, 0.5) is 0 Å². The van der Waals surface area contributed by atoms with Gasteiger partial charge in [0.1, 0.15) is 5.75 Å². The van der Waals surface area contributed by atoms with Gasteiger partial charge in [0.2, 0.25) is 11.7 Å². The molecule has 1 spiro atoms. The number of hydrogen-bond donors (Lipinski definition) is 1. The number of carbonyl (C=O) groups is 1. The maximum Gasteiger partial charge on any atom is 0.258 e. The normalized spacial score (nSPS) is 19.8. The molecule has 7 nitrogen and oxygen atoms in total. The van der Waals surface area contributed by atoms with Crippen LogP contribution in [-0.4, -0.2) is 51.9 Å². The number of aliphatic hydroxyl groups is 1. The standard InChI is InChI=1S/C27H31N3O4/c1-17(2)33-23-10-9-19(14-18(23)3)26-28-25(29-34-26)21-6-4-8-22-20(21)7-5-11-27(22)15-24(32)30(16-27)12-13-31/h4,6,8-10,14,17,31H,5,7,11-13,15-16H2,1-3H3/t27-/m0/s1. The number of aliphatic hydroxyl groups excluding tert-OH is 1. The number of amides is 1. The number of hydrogen-bond acceptors (Lipinski definition) is 6. The zero-order chi connectivity index (χ0) is 23.9. The molecule has 1 aromatic heterocycles. The quantitative estimate of drug-likeness (QED) is 0.589. The van der Waals surface area contributed by atoms with Gasteiger partial charge >= 0.3 is 0 Å². The van der Waals surface area contributed by atoms with Crippen LogP contribution >= 0.6 is 0 Å². The second-order valence-electron chi connectivity index (χ2n) is 9.75. The highest BCUT2D eigenvalue weighted by Gasteiger charge is 2.46. The van der Waals surface area contributed by atoms with Gasteiger partial charge in [-0.05, 0) is 74.9 Å². The fraction of sp³-hybridized carbons (Fsp3) is 0.444. The largest absolute Gasteiger partial charge is 0.491 e. The molecule has 1 atom stereocenters. The van der Waals surface area contributed by atoms with E-state index in [9.17, 15) is 9.90 Å². The van der Waals surface area contributed by atoms with E-state index < -0.39 is 0 Å². The lowest BCUT2D eigenvalue weighted by Crippen LogP contribution is -2.36. The van der Waals surface area contributed by atoms with Gasteiger partial charge in [-0.2, -0.15) is 4.98 Å². The van der Waals surface area contributed by atoms with Crippen LogP contribution < -0.4 is 4.74 Å². The molecule has 2 aromatic carbocycles. The average Bonchev–Trinajstić information content (AvgIpc) is 3.41. The zero-order valence-electron chi connectivity index (χ0n) is 20.0. The van der Waals surface area contributed by atoms with E-state index in [-0.39, 0.29) is 24.0 Å². The van der Waals surface area contributed by atoms with Gasteiger partial charge in [-0.1, -0.05) is 23.4 Å². The van der Waals surface area contributed by atoms with Gasteiger partial charge in [0, 0.05) is 36.1 Å². The Bertz CT molecular complexity index is 1220. The second-order valence-corrected chi connectivity index (χ2v) is 9.75. The molecule has 1 aliphatic carbocycles. The van der Waals surface area contributed by atoms with Crippen LogP contribution in [0.5, 0.6) is 5.75 Å². The van der Waals surface area contributed by atoms with Gasteiger partial charge in [-0.15, -0.1) is 0 Å². The van der Waals surface area contributed by atoms with Crippen LogP contribution in [0, 0.1) is 6.92 Å². The molecule has 7 heteroatoms. The number of carbonyl (C=O) groups excluding carboxylic acids is 1. The van der Waals surface area contributed by atoms with E-state index in [1.165, 1.54) is 11.1 Å². The summed E-state index contributed by atoms with van der Waals surface area (Å²) in [7, 11) is 0. The van der Waals surface area contributed by atoms with Crippen molar-refractivity contribution in [1.29, 1.82) is 0 Å². The molecule has 3 aromatic rings. The van der Waals surface area contributed by atoms with Crippen LogP contribution in [0.2, 0.25) is 0 Å². The summed E-state index contributed by atoms with van der Waals surface area (Å²) in [4.78, 5) is 19.2. The molecule has 0 saturated carbocycles. The van der Waals surface area contributed by atoms with Crippen molar-refractivity contribution in [2.24, 2.45) is 0 Å². The Labute approximate surface area is 199 Å². The topological polar surface area (TPSA) is 88.7 Å². The predicted octanol–water partition coefficient (Wildman–Crippen LogP) is 4.30.